The molecule has 10 nitrogen and oxygen atoms in total. The number of benzene rings is 2. The molecule has 3 amide bonds. The smallest absolute Gasteiger partial charge is 0.256 e. The van der Waals surface area contributed by atoms with Crippen LogP contribution in [0.5, 0.6) is 0 Å². The number of amides is 3. The minimum atomic E-state index is -0.602. The summed E-state index contributed by atoms with van der Waals surface area (Å²) in [6, 6.07) is 9.90. The molecule has 2 fully saturated rings. The van der Waals surface area contributed by atoms with Crippen LogP contribution >= 0.6 is 0 Å². The Morgan fingerprint density at radius 1 is 1.02 bits per heavy atom. The fraction of sp³-hybridized carbons (Fsp3) is 0.500. The summed E-state index contributed by atoms with van der Waals surface area (Å²) in [6.07, 6.45) is 3.02. The summed E-state index contributed by atoms with van der Waals surface area (Å²) >= 11 is 0. The van der Waals surface area contributed by atoms with Crippen molar-refractivity contribution < 1.29 is 28.2 Å². The van der Waals surface area contributed by atoms with E-state index in [1.807, 2.05) is 42.8 Å². The van der Waals surface area contributed by atoms with E-state index in [9.17, 15) is 14.4 Å². The minimum absolute atomic E-state index is 0.0143. The number of nitrogens with zero attached hydrogens (tertiary/aromatic N) is 3. The van der Waals surface area contributed by atoms with Crippen LogP contribution in [-0.2, 0) is 27.4 Å². The van der Waals surface area contributed by atoms with E-state index in [0.717, 1.165) is 11.1 Å². The van der Waals surface area contributed by atoms with Gasteiger partial charge in [0.25, 0.3) is 11.8 Å². The molecule has 0 aliphatic carbocycles. The average molecular weight is 622 g/mol. The lowest BCUT2D eigenvalue weighted by Crippen LogP contribution is -2.43. The molecule has 11 heteroatoms. The van der Waals surface area contributed by atoms with Crippen LogP contribution < -0.4 is 11.1 Å². The number of rotatable bonds is 10. The Labute approximate surface area is 263 Å². The molecular weight excluding hydrogens is 577 g/mol. The molecule has 3 heterocycles. The van der Waals surface area contributed by atoms with Gasteiger partial charge in [-0.15, -0.1) is 0 Å². The number of methoxy groups -OCH3 is 1. The van der Waals surface area contributed by atoms with E-state index in [1.54, 1.807) is 29.0 Å². The van der Waals surface area contributed by atoms with Crippen molar-refractivity contribution >= 4 is 28.6 Å². The van der Waals surface area contributed by atoms with Crippen molar-refractivity contribution in [2.24, 2.45) is 11.7 Å². The highest BCUT2D eigenvalue weighted by molar-refractivity contribution is 6.15. The number of piperidine rings is 1. The molecule has 242 valence electrons. The van der Waals surface area contributed by atoms with Crippen molar-refractivity contribution in [3.05, 3.63) is 70.7 Å². The van der Waals surface area contributed by atoms with Gasteiger partial charge in [-0.2, -0.15) is 0 Å². The molecule has 0 bridgehead atoms. The Kier molecular flexibility index (Phi) is 10.5. The lowest BCUT2D eigenvalue weighted by atomic mass is 9.88. The van der Waals surface area contributed by atoms with Crippen LogP contribution in [0.1, 0.15) is 64.4 Å². The zero-order valence-corrected chi connectivity index (χ0v) is 26.4. The van der Waals surface area contributed by atoms with Crippen LogP contribution in [0.3, 0.4) is 0 Å². The predicted octanol–water partition coefficient (Wildman–Crippen LogP) is 3.52. The molecule has 0 unspecified atom stereocenters. The lowest BCUT2D eigenvalue weighted by molar-refractivity contribution is -0.123. The SMILES string of the molecule is COCCn1cc(C(=O)N2CCC(c3cc(CNC(=O)[C@H](N)C(C)C)ccc3F)CC2)c2c(C(=O)N3CCOCC3)cccc21. The molecular formula is C34H44FN5O5. The van der Waals surface area contributed by atoms with Crippen molar-refractivity contribution in [1.82, 2.24) is 19.7 Å². The van der Waals surface area contributed by atoms with Crippen molar-refractivity contribution in [2.45, 2.75) is 51.7 Å². The quantitative estimate of drug-likeness (QED) is 0.358. The molecule has 3 N–H and O–H groups in total. The number of nitrogens with two attached hydrogens (primary N) is 1. The second-order valence-electron chi connectivity index (χ2n) is 12.2. The Morgan fingerprint density at radius 3 is 2.40 bits per heavy atom. The number of aromatic nitrogens is 1. The zero-order valence-electron chi connectivity index (χ0n) is 26.4. The van der Waals surface area contributed by atoms with Crippen molar-refractivity contribution in [3.63, 3.8) is 0 Å². The number of hydrogen-bond donors (Lipinski definition) is 2. The topological polar surface area (TPSA) is 119 Å². The first-order chi connectivity index (χ1) is 21.7. The summed E-state index contributed by atoms with van der Waals surface area (Å²) in [5.41, 5.74) is 9.15. The number of ether oxygens (including phenoxy) is 2. The molecule has 5 rings (SSSR count). The van der Waals surface area contributed by atoms with E-state index in [2.05, 4.69) is 5.32 Å². The average Bonchev–Trinajstić information content (AvgIpc) is 3.45. The Balaban J connectivity index is 1.33. The van der Waals surface area contributed by atoms with Crippen LogP contribution in [0.25, 0.3) is 10.9 Å². The maximum atomic E-state index is 15.0. The van der Waals surface area contributed by atoms with E-state index >= 15 is 4.39 Å². The lowest BCUT2D eigenvalue weighted by Gasteiger charge is -2.32. The summed E-state index contributed by atoms with van der Waals surface area (Å²) in [7, 11) is 1.63. The molecule has 3 aromatic rings. The van der Waals surface area contributed by atoms with E-state index in [0.29, 0.717) is 87.5 Å². The fourth-order valence-corrected chi connectivity index (χ4v) is 6.19. The second kappa shape index (κ2) is 14.5. The first-order valence-electron chi connectivity index (χ1n) is 15.8. The molecule has 2 aliphatic rings. The van der Waals surface area contributed by atoms with Crippen LogP contribution in [0.2, 0.25) is 0 Å². The van der Waals surface area contributed by atoms with Crippen LogP contribution in [-0.4, -0.2) is 91.2 Å². The maximum Gasteiger partial charge on any atom is 0.256 e. The summed E-state index contributed by atoms with van der Waals surface area (Å²) < 4.78 is 27.7. The van der Waals surface area contributed by atoms with E-state index < -0.39 is 6.04 Å². The third kappa shape index (κ3) is 7.21. The number of nitrogens with one attached hydrogen (secondary N) is 1. The highest BCUT2D eigenvalue weighted by atomic mass is 19.1. The first kappa shape index (κ1) is 32.6. The fourth-order valence-electron chi connectivity index (χ4n) is 6.19. The maximum absolute atomic E-state index is 15.0. The number of fused-ring (bicyclic) bond motifs is 1. The van der Waals surface area contributed by atoms with E-state index in [1.165, 1.54) is 6.07 Å². The summed E-state index contributed by atoms with van der Waals surface area (Å²) in [5, 5.41) is 3.50. The molecule has 0 radical (unpaired) electrons. The van der Waals surface area contributed by atoms with Gasteiger partial charge in [0.15, 0.2) is 0 Å². The molecule has 45 heavy (non-hydrogen) atoms. The number of halogens is 1. The van der Waals surface area contributed by atoms with E-state index in [4.69, 9.17) is 15.2 Å². The van der Waals surface area contributed by atoms with Gasteiger partial charge in [-0.3, -0.25) is 14.4 Å². The normalized spacial score (nSPS) is 16.8. The monoisotopic (exact) mass is 621 g/mol. The number of likely N-dealkylation sites (tertiary alicyclic amines) is 1. The van der Waals surface area contributed by atoms with Gasteiger partial charge in [0.05, 0.1) is 31.4 Å². The standard InChI is InChI=1S/C34H44FN5O5/c1-22(2)31(36)32(41)37-20-23-7-8-28(35)26(19-23)24-9-11-38(12-10-24)34(43)27-21-40(13-16-44-3)29-6-4-5-25(30(27)29)33(42)39-14-17-45-18-15-39/h4-8,19,21-22,24,31H,9-18,20,36H2,1-3H3,(H,37,41)/t31-/m1/s1. The van der Waals surface area contributed by atoms with Gasteiger partial charge >= 0.3 is 0 Å². The molecule has 2 aliphatic heterocycles. The third-order valence-corrected chi connectivity index (χ3v) is 8.97. The molecule has 0 spiro atoms. The molecule has 1 atom stereocenters. The highest BCUT2D eigenvalue weighted by Crippen LogP contribution is 2.33. The molecule has 1 aromatic heterocycles. The largest absolute Gasteiger partial charge is 0.383 e. The summed E-state index contributed by atoms with van der Waals surface area (Å²) in [5.74, 6) is -0.832. The van der Waals surface area contributed by atoms with Crippen LogP contribution in [0, 0.1) is 11.7 Å². The number of carbonyl (C=O) groups excluding carboxylic acids is 3. The van der Waals surface area contributed by atoms with Crippen molar-refractivity contribution in [2.75, 3.05) is 53.1 Å². The van der Waals surface area contributed by atoms with Gasteiger partial charge < -0.3 is 34.9 Å². The Hall–Kier alpha value is -3.80. The van der Waals surface area contributed by atoms with Gasteiger partial charge in [0, 0.05) is 69.0 Å². The summed E-state index contributed by atoms with van der Waals surface area (Å²) in [6.45, 7) is 7.95. The van der Waals surface area contributed by atoms with Crippen LogP contribution in [0.15, 0.2) is 42.6 Å². The van der Waals surface area contributed by atoms with Gasteiger partial charge in [-0.05, 0) is 54.0 Å². The van der Waals surface area contributed by atoms with Crippen molar-refractivity contribution in [3.8, 4) is 0 Å². The van der Waals surface area contributed by atoms with Crippen molar-refractivity contribution in [1.29, 1.82) is 0 Å². The Bertz CT molecular complexity index is 1520. The first-order valence-corrected chi connectivity index (χ1v) is 15.8. The zero-order chi connectivity index (χ0) is 32.1. The van der Waals surface area contributed by atoms with Gasteiger partial charge in [-0.1, -0.05) is 32.0 Å². The predicted molar refractivity (Wildman–Crippen MR) is 169 cm³/mol. The van der Waals surface area contributed by atoms with Gasteiger partial charge in [0.2, 0.25) is 5.91 Å². The third-order valence-electron chi connectivity index (χ3n) is 8.97. The minimum Gasteiger partial charge on any atom is -0.383 e. The number of hydrogen-bond acceptors (Lipinski definition) is 6. The van der Waals surface area contributed by atoms with Gasteiger partial charge in [-0.25, -0.2) is 4.39 Å². The Morgan fingerprint density at radius 2 is 1.71 bits per heavy atom. The molecule has 2 saturated heterocycles. The number of morpholine rings is 1. The highest BCUT2D eigenvalue weighted by Gasteiger charge is 2.30. The second-order valence-corrected chi connectivity index (χ2v) is 12.2. The summed E-state index contributed by atoms with van der Waals surface area (Å²) in [4.78, 5) is 43.6. The molecule has 0 saturated carbocycles. The number of carbonyl (C=O) groups is 3. The van der Waals surface area contributed by atoms with Gasteiger partial charge in [0.1, 0.15) is 5.82 Å². The molecule has 2 aromatic carbocycles. The van der Waals surface area contributed by atoms with E-state index in [-0.39, 0.29) is 41.9 Å². The van der Waals surface area contributed by atoms with Crippen LogP contribution in [0.4, 0.5) is 4.39 Å².